The highest BCUT2D eigenvalue weighted by Crippen LogP contribution is 2.28. The predicted octanol–water partition coefficient (Wildman–Crippen LogP) is 2.29. The number of esters is 1. The number of allylic oxidation sites excluding steroid dienone is 1. The van der Waals surface area contributed by atoms with Crippen LogP contribution >= 0.6 is 0 Å². The van der Waals surface area contributed by atoms with Gasteiger partial charge in [0.1, 0.15) is 16.5 Å². The maximum absolute atomic E-state index is 13.9. The number of methoxy groups -OCH3 is 1. The van der Waals surface area contributed by atoms with Gasteiger partial charge in [0.2, 0.25) is 9.84 Å². The summed E-state index contributed by atoms with van der Waals surface area (Å²) in [4.78, 5) is 10.7. The van der Waals surface area contributed by atoms with Gasteiger partial charge in [-0.3, -0.25) is 0 Å². The normalized spacial score (nSPS) is 17.9. The molecule has 0 bridgehead atoms. The molecular weight excluding hydrogens is 328 g/mol. The van der Waals surface area contributed by atoms with Crippen molar-refractivity contribution in [2.45, 2.75) is 30.6 Å². The van der Waals surface area contributed by atoms with E-state index in [4.69, 9.17) is 0 Å². The molecular formula is C15H17F2NO4S. The zero-order chi connectivity index (χ0) is 17.0. The summed E-state index contributed by atoms with van der Waals surface area (Å²) in [5.74, 6) is -3.22. The summed E-state index contributed by atoms with van der Waals surface area (Å²) in [6.07, 6.45) is 2.76. The van der Waals surface area contributed by atoms with E-state index in [1.807, 2.05) is 0 Å². The Labute approximate surface area is 133 Å². The Bertz CT molecular complexity index is 734. The third kappa shape index (κ3) is 3.69. The van der Waals surface area contributed by atoms with Crippen molar-refractivity contribution in [2.24, 2.45) is 0 Å². The van der Waals surface area contributed by atoms with Crippen LogP contribution in [-0.2, 0) is 19.4 Å². The molecule has 2 rings (SSSR count). The SMILES string of the molecule is COC(=O)/C(=C1\CCCCCN1)S(=O)(=O)c1ccc(F)cc1F. The molecule has 1 fully saturated rings. The summed E-state index contributed by atoms with van der Waals surface area (Å²) in [7, 11) is -3.42. The maximum Gasteiger partial charge on any atom is 0.351 e. The number of rotatable bonds is 3. The fraction of sp³-hybridized carbons (Fsp3) is 0.400. The Hall–Kier alpha value is -1.96. The minimum Gasteiger partial charge on any atom is -0.465 e. The lowest BCUT2D eigenvalue weighted by Crippen LogP contribution is -2.24. The molecule has 1 aliphatic rings. The van der Waals surface area contributed by atoms with Crippen LogP contribution in [0.5, 0.6) is 0 Å². The Morgan fingerprint density at radius 3 is 2.61 bits per heavy atom. The van der Waals surface area contributed by atoms with Gasteiger partial charge in [-0.25, -0.2) is 22.0 Å². The zero-order valence-corrected chi connectivity index (χ0v) is 13.4. The molecule has 23 heavy (non-hydrogen) atoms. The summed E-state index contributed by atoms with van der Waals surface area (Å²) < 4.78 is 56.9. The Kier molecular flexibility index (Phi) is 5.35. The highest BCUT2D eigenvalue weighted by atomic mass is 32.2. The quantitative estimate of drug-likeness (QED) is 0.517. The summed E-state index contributed by atoms with van der Waals surface area (Å²) in [6.45, 7) is 0.511. The number of nitrogens with one attached hydrogen (secondary N) is 1. The first-order chi connectivity index (χ1) is 10.9. The minimum atomic E-state index is -4.47. The van der Waals surface area contributed by atoms with Crippen LogP contribution in [0.4, 0.5) is 8.78 Å². The molecule has 126 valence electrons. The number of hydrogen-bond donors (Lipinski definition) is 1. The second-order valence-electron chi connectivity index (χ2n) is 5.11. The van der Waals surface area contributed by atoms with Crippen molar-refractivity contribution in [2.75, 3.05) is 13.7 Å². The zero-order valence-electron chi connectivity index (χ0n) is 12.6. The van der Waals surface area contributed by atoms with E-state index in [1.54, 1.807) is 0 Å². The smallest absolute Gasteiger partial charge is 0.351 e. The van der Waals surface area contributed by atoms with E-state index in [0.717, 1.165) is 32.1 Å². The number of carbonyl (C=O) groups is 1. The average molecular weight is 345 g/mol. The molecule has 0 aliphatic carbocycles. The molecule has 5 nitrogen and oxygen atoms in total. The Balaban J connectivity index is 2.62. The van der Waals surface area contributed by atoms with Crippen molar-refractivity contribution >= 4 is 15.8 Å². The van der Waals surface area contributed by atoms with Crippen LogP contribution in [0.2, 0.25) is 0 Å². The van der Waals surface area contributed by atoms with Gasteiger partial charge in [0.25, 0.3) is 0 Å². The van der Waals surface area contributed by atoms with Crippen LogP contribution in [0.3, 0.4) is 0 Å². The van der Waals surface area contributed by atoms with E-state index in [-0.39, 0.29) is 5.70 Å². The lowest BCUT2D eigenvalue weighted by Gasteiger charge is -2.14. The van der Waals surface area contributed by atoms with Crippen molar-refractivity contribution in [1.82, 2.24) is 5.32 Å². The molecule has 0 atom stereocenters. The first-order valence-electron chi connectivity index (χ1n) is 7.13. The van der Waals surface area contributed by atoms with E-state index >= 15 is 0 Å². The van der Waals surface area contributed by atoms with Gasteiger partial charge in [0.15, 0.2) is 4.91 Å². The second kappa shape index (κ2) is 7.08. The molecule has 0 radical (unpaired) electrons. The lowest BCUT2D eigenvalue weighted by molar-refractivity contribution is -0.135. The topological polar surface area (TPSA) is 72.5 Å². The van der Waals surface area contributed by atoms with Crippen molar-refractivity contribution in [1.29, 1.82) is 0 Å². The van der Waals surface area contributed by atoms with E-state index in [2.05, 4.69) is 10.1 Å². The maximum atomic E-state index is 13.9. The molecule has 8 heteroatoms. The van der Waals surface area contributed by atoms with Crippen molar-refractivity contribution in [3.8, 4) is 0 Å². The van der Waals surface area contributed by atoms with Crippen LogP contribution in [0.1, 0.15) is 25.7 Å². The van der Waals surface area contributed by atoms with Gasteiger partial charge in [-0.05, 0) is 31.4 Å². The molecule has 0 unspecified atom stereocenters. The van der Waals surface area contributed by atoms with E-state index in [9.17, 15) is 22.0 Å². The third-order valence-electron chi connectivity index (χ3n) is 3.54. The van der Waals surface area contributed by atoms with E-state index < -0.39 is 37.2 Å². The molecule has 1 heterocycles. The molecule has 1 saturated heterocycles. The third-order valence-corrected chi connectivity index (χ3v) is 5.40. The monoisotopic (exact) mass is 345 g/mol. The number of benzene rings is 1. The van der Waals surface area contributed by atoms with Gasteiger partial charge in [-0.15, -0.1) is 0 Å². The molecule has 0 saturated carbocycles. The van der Waals surface area contributed by atoms with Gasteiger partial charge in [0.05, 0.1) is 7.11 Å². The van der Waals surface area contributed by atoms with E-state index in [0.29, 0.717) is 25.5 Å². The first kappa shape index (κ1) is 17.4. The molecule has 0 aromatic heterocycles. The summed E-state index contributed by atoms with van der Waals surface area (Å²) in [5.41, 5.74) is 0.207. The van der Waals surface area contributed by atoms with Crippen molar-refractivity contribution < 1.29 is 26.7 Å². The number of ether oxygens (including phenoxy) is 1. The summed E-state index contributed by atoms with van der Waals surface area (Å²) >= 11 is 0. The van der Waals surface area contributed by atoms with Gasteiger partial charge in [0, 0.05) is 18.3 Å². The largest absolute Gasteiger partial charge is 0.465 e. The minimum absolute atomic E-state index is 0.207. The predicted molar refractivity (Wildman–Crippen MR) is 79.1 cm³/mol. The van der Waals surface area contributed by atoms with Gasteiger partial charge < -0.3 is 10.1 Å². The Morgan fingerprint density at radius 1 is 1.22 bits per heavy atom. The number of hydrogen-bond acceptors (Lipinski definition) is 5. The number of halogens is 2. The van der Waals surface area contributed by atoms with Crippen molar-refractivity contribution in [3.63, 3.8) is 0 Å². The molecule has 1 aromatic carbocycles. The fourth-order valence-corrected chi connectivity index (χ4v) is 4.00. The first-order valence-corrected chi connectivity index (χ1v) is 8.61. The number of carbonyl (C=O) groups excluding carboxylic acids is 1. The second-order valence-corrected chi connectivity index (χ2v) is 6.97. The van der Waals surface area contributed by atoms with Crippen LogP contribution in [0, 0.1) is 11.6 Å². The average Bonchev–Trinajstić information content (AvgIpc) is 2.75. The molecule has 0 spiro atoms. The van der Waals surface area contributed by atoms with Gasteiger partial charge in [-0.1, -0.05) is 6.42 Å². The molecule has 0 amide bonds. The van der Waals surface area contributed by atoms with Crippen LogP contribution < -0.4 is 5.32 Å². The highest BCUT2D eigenvalue weighted by molar-refractivity contribution is 7.96. The van der Waals surface area contributed by atoms with Crippen LogP contribution in [0.15, 0.2) is 33.7 Å². The fourth-order valence-electron chi connectivity index (χ4n) is 2.42. The molecule has 1 N–H and O–H groups in total. The number of sulfone groups is 1. The Morgan fingerprint density at radius 2 is 1.96 bits per heavy atom. The van der Waals surface area contributed by atoms with Gasteiger partial charge in [-0.2, -0.15) is 0 Å². The highest BCUT2D eigenvalue weighted by Gasteiger charge is 2.34. The lowest BCUT2D eigenvalue weighted by atomic mass is 10.2. The summed E-state index contributed by atoms with van der Waals surface area (Å²) in [6, 6.07) is 2.10. The van der Waals surface area contributed by atoms with E-state index in [1.165, 1.54) is 0 Å². The van der Waals surface area contributed by atoms with Crippen LogP contribution in [-0.4, -0.2) is 28.0 Å². The standard InChI is InChI=1S/C15H17F2NO4S/c1-22-15(19)14(12-5-3-2-4-8-18-12)23(20,21)13-7-6-10(16)9-11(13)17/h6-7,9,18H,2-5,8H2,1H3/b14-12-. The summed E-state index contributed by atoms with van der Waals surface area (Å²) in [5, 5.41) is 2.91. The van der Waals surface area contributed by atoms with Crippen LogP contribution in [0.25, 0.3) is 0 Å². The molecule has 1 aromatic rings. The van der Waals surface area contributed by atoms with Gasteiger partial charge >= 0.3 is 5.97 Å². The molecule has 1 aliphatic heterocycles. The van der Waals surface area contributed by atoms with Crippen molar-refractivity contribution in [3.05, 3.63) is 40.4 Å².